The number of carbonyl (C=O) groups is 1. The summed E-state index contributed by atoms with van der Waals surface area (Å²) in [4.78, 5) is 12.4. The average Bonchev–Trinajstić information content (AvgIpc) is 3.29. The Bertz CT molecular complexity index is 1300. The van der Waals surface area contributed by atoms with Gasteiger partial charge in [-0.05, 0) is 31.2 Å². The van der Waals surface area contributed by atoms with Gasteiger partial charge >= 0.3 is 0 Å². The molecule has 0 radical (unpaired) electrons. The van der Waals surface area contributed by atoms with Crippen molar-refractivity contribution in [3.63, 3.8) is 0 Å². The number of aryl methyl sites for hydroxylation is 1. The molecule has 0 fully saturated rings. The number of hydrogen-bond donors (Lipinski definition) is 2. The number of amides is 1. The van der Waals surface area contributed by atoms with Crippen LogP contribution in [0.25, 0.3) is 17.1 Å². The molecule has 1 heterocycles. The maximum Gasteiger partial charge on any atom is 0.250 e. The molecule has 0 aliphatic heterocycles. The van der Waals surface area contributed by atoms with Gasteiger partial charge in [0.25, 0.3) is 5.91 Å². The first kappa shape index (κ1) is 23.1. The van der Waals surface area contributed by atoms with Crippen molar-refractivity contribution in [2.45, 2.75) is 12.1 Å². The minimum Gasteiger partial charge on any atom is -0.504 e. The number of hydrogen-bond acceptors (Lipinski definition) is 7. The van der Waals surface area contributed by atoms with Crippen molar-refractivity contribution in [2.24, 2.45) is 5.10 Å². The van der Waals surface area contributed by atoms with E-state index >= 15 is 0 Å². The number of benzene rings is 3. The van der Waals surface area contributed by atoms with E-state index in [-0.39, 0.29) is 17.4 Å². The first-order valence-corrected chi connectivity index (χ1v) is 11.4. The fraction of sp³-hybridized carbons (Fsp3) is 0.120. The zero-order chi connectivity index (χ0) is 23.9. The lowest BCUT2D eigenvalue weighted by molar-refractivity contribution is -0.118. The Kier molecular flexibility index (Phi) is 7.24. The van der Waals surface area contributed by atoms with E-state index in [0.29, 0.717) is 22.3 Å². The average molecular weight is 474 g/mol. The predicted octanol–water partition coefficient (Wildman–Crippen LogP) is 4.20. The topological polar surface area (TPSA) is 102 Å². The van der Waals surface area contributed by atoms with Crippen molar-refractivity contribution in [2.75, 3.05) is 12.9 Å². The molecule has 0 saturated carbocycles. The number of phenols is 1. The summed E-state index contributed by atoms with van der Waals surface area (Å²) in [5.41, 5.74) is 5.88. The Balaban J connectivity index is 1.49. The number of aromatic hydroxyl groups is 1. The first-order valence-electron chi connectivity index (χ1n) is 10.5. The third-order valence-corrected chi connectivity index (χ3v) is 5.86. The molecule has 1 amide bonds. The molecule has 9 heteroatoms. The SMILES string of the molecule is COc1cccc(/C=N\NC(=O)CSc2nnc(-c3ccccc3)n2-c2ccc(C)cc2)c1O. The number of carbonyl (C=O) groups excluding carboxylic acids is 1. The fourth-order valence-electron chi connectivity index (χ4n) is 3.21. The number of phenolic OH excluding ortho intramolecular Hbond substituents is 1. The molecule has 0 spiro atoms. The molecular weight excluding hydrogens is 450 g/mol. The van der Waals surface area contributed by atoms with Crippen LogP contribution in [0, 0.1) is 6.92 Å². The summed E-state index contributed by atoms with van der Waals surface area (Å²) in [6, 6.07) is 22.8. The van der Waals surface area contributed by atoms with Crippen molar-refractivity contribution >= 4 is 23.9 Å². The van der Waals surface area contributed by atoms with Gasteiger partial charge in [-0.3, -0.25) is 9.36 Å². The van der Waals surface area contributed by atoms with Crippen molar-refractivity contribution in [1.82, 2.24) is 20.2 Å². The van der Waals surface area contributed by atoms with Crippen molar-refractivity contribution < 1.29 is 14.6 Å². The van der Waals surface area contributed by atoms with Crippen LogP contribution >= 0.6 is 11.8 Å². The Hall–Kier alpha value is -4.11. The van der Waals surface area contributed by atoms with E-state index in [1.54, 1.807) is 18.2 Å². The van der Waals surface area contributed by atoms with Gasteiger partial charge in [-0.25, -0.2) is 5.43 Å². The summed E-state index contributed by atoms with van der Waals surface area (Å²) >= 11 is 1.26. The summed E-state index contributed by atoms with van der Waals surface area (Å²) in [7, 11) is 1.47. The molecule has 34 heavy (non-hydrogen) atoms. The molecule has 0 bridgehead atoms. The van der Waals surface area contributed by atoms with Crippen molar-refractivity contribution in [1.29, 1.82) is 0 Å². The molecule has 0 unspecified atom stereocenters. The van der Waals surface area contributed by atoms with Crippen LogP contribution in [0.5, 0.6) is 11.5 Å². The number of nitrogens with one attached hydrogen (secondary N) is 1. The third-order valence-electron chi connectivity index (χ3n) is 4.93. The van der Waals surface area contributed by atoms with Gasteiger partial charge in [0.1, 0.15) is 0 Å². The second-order valence-electron chi connectivity index (χ2n) is 7.32. The number of rotatable bonds is 8. The van der Waals surface area contributed by atoms with Crippen LogP contribution < -0.4 is 10.2 Å². The van der Waals surface area contributed by atoms with Crippen LogP contribution in [-0.4, -0.2) is 44.9 Å². The minimum atomic E-state index is -0.316. The van der Waals surface area contributed by atoms with E-state index in [1.807, 2.05) is 66.1 Å². The van der Waals surface area contributed by atoms with Crippen LogP contribution in [0.1, 0.15) is 11.1 Å². The fourth-order valence-corrected chi connectivity index (χ4v) is 3.95. The highest BCUT2D eigenvalue weighted by atomic mass is 32.2. The van der Waals surface area contributed by atoms with E-state index in [9.17, 15) is 9.90 Å². The van der Waals surface area contributed by atoms with Crippen LogP contribution in [0.2, 0.25) is 0 Å². The summed E-state index contributed by atoms with van der Waals surface area (Å²) < 4.78 is 7.01. The molecule has 0 aliphatic carbocycles. The number of nitrogens with zero attached hydrogens (tertiary/aromatic N) is 4. The molecule has 0 saturated heterocycles. The van der Waals surface area contributed by atoms with Crippen LogP contribution in [-0.2, 0) is 4.79 Å². The maximum atomic E-state index is 12.4. The molecule has 3 aromatic carbocycles. The maximum absolute atomic E-state index is 12.4. The quantitative estimate of drug-likeness (QED) is 0.226. The van der Waals surface area contributed by atoms with Gasteiger partial charge in [0.15, 0.2) is 22.5 Å². The van der Waals surface area contributed by atoms with Gasteiger partial charge < -0.3 is 9.84 Å². The summed E-state index contributed by atoms with van der Waals surface area (Å²) in [6.07, 6.45) is 1.36. The molecule has 8 nitrogen and oxygen atoms in total. The van der Waals surface area contributed by atoms with Crippen molar-refractivity contribution in [3.05, 3.63) is 83.9 Å². The van der Waals surface area contributed by atoms with Crippen LogP contribution in [0.15, 0.2) is 83.1 Å². The second kappa shape index (κ2) is 10.7. The van der Waals surface area contributed by atoms with Gasteiger partial charge in [-0.2, -0.15) is 5.10 Å². The molecule has 4 aromatic rings. The van der Waals surface area contributed by atoms with E-state index < -0.39 is 0 Å². The highest BCUT2D eigenvalue weighted by Gasteiger charge is 2.17. The molecule has 172 valence electrons. The van der Waals surface area contributed by atoms with Gasteiger partial charge in [0.05, 0.1) is 19.1 Å². The molecule has 1 aromatic heterocycles. The number of ether oxygens (including phenoxy) is 1. The minimum absolute atomic E-state index is 0.0444. The lowest BCUT2D eigenvalue weighted by atomic mass is 10.2. The molecule has 4 rings (SSSR count). The Morgan fingerprint density at radius 3 is 2.59 bits per heavy atom. The standard InChI is InChI=1S/C25H23N5O3S/c1-17-11-13-20(14-12-17)30-24(18-7-4-3-5-8-18)28-29-25(30)34-16-22(31)27-26-15-19-9-6-10-21(33-2)23(19)32/h3-15,32H,16H2,1-2H3,(H,27,31)/b26-15-. The zero-order valence-electron chi connectivity index (χ0n) is 18.7. The molecule has 0 atom stereocenters. The summed E-state index contributed by atoms with van der Waals surface area (Å²) in [5, 5.41) is 23.3. The zero-order valence-corrected chi connectivity index (χ0v) is 19.5. The largest absolute Gasteiger partial charge is 0.504 e. The molecule has 0 aliphatic rings. The predicted molar refractivity (Wildman–Crippen MR) is 133 cm³/mol. The first-order chi connectivity index (χ1) is 16.6. The smallest absolute Gasteiger partial charge is 0.250 e. The molecule has 2 N–H and O–H groups in total. The number of methoxy groups -OCH3 is 1. The highest BCUT2D eigenvalue weighted by molar-refractivity contribution is 7.99. The Morgan fingerprint density at radius 1 is 1.09 bits per heavy atom. The van der Waals surface area contributed by atoms with E-state index in [2.05, 4.69) is 20.7 Å². The van der Waals surface area contributed by atoms with E-state index in [0.717, 1.165) is 16.8 Å². The van der Waals surface area contributed by atoms with Gasteiger partial charge in [-0.1, -0.05) is 65.9 Å². The molecular formula is C25H23N5O3S. The number of aromatic nitrogens is 3. The lowest BCUT2D eigenvalue weighted by Crippen LogP contribution is -2.20. The van der Waals surface area contributed by atoms with Crippen LogP contribution in [0.3, 0.4) is 0 Å². The van der Waals surface area contributed by atoms with Gasteiger partial charge in [0, 0.05) is 16.8 Å². The monoisotopic (exact) mass is 473 g/mol. The summed E-state index contributed by atoms with van der Waals surface area (Å²) in [5.74, 6) is 0.745. The Morgan fingerprint density at radius 2 is 1.85 bits per heavy atom. The van der Waals surface area contributed by atoms with E-state index in [1.165, 1.54) is 25.1 Å². The van der Waals surface area contributed by atoms with Crippen LogP contribution in [0.4, 0.5) is 0 Å². The van der Waals surface area contributed by atoms with Crippen molar-refractivity contribution in [3.8, 4) is 28.6 Å². The number of hydrazone groups is 1. The van der Waals surface area contributed by atoms with Gasteiger partial charge in [-0.15, -0.1) is 10.2 Å². The Labute approximate surface area is 201 Å². The van der Waals surface area contributed by atoms with E-state index in [4.69, 9.17) is 4.74 Å². The number of para-hydroxylation sites is 1. The summed E-state index contributed by atoms with van der Waals surface area (Å²) in [6.45, 7) is 2.03. The third kappa shape index (κ3) is 5.26. The van der Waals surface area contributed by atoms with Gasteiger partial charge in [0.2, 0.25) is 0 Å². The second-order valence-corrected chi connectivity index (χ2v) is 8.27. The normalized spacial score (nSPS) is 11.0. The highest BCUT2D eigenvalue weighted by Crippen LogP contribution is 2.29. The number of thioether (sulfide) groups is 1. The lowest BCUT2D eigenvalue weighted by Gasteiger charge is -2.10.